The van der Waals surface area contributed by atoms with E-state index < -0.39 is 5.41 Å². The van der Waals surface area contributed by atoms with E-state index in [1.54, 1.807) is 0 Å². The zero-order valence-corrected chi connectivity index (χ0v) is 10.1. The van der Waals surface area contributed by atoms with E-state index in [0.717, 1.165) is 24.2 Å². The second-order valence-corrected chi connectivity index (χ2v) is 4.85. The normalized spacial score (nSPS) is 23.9. The van der Waals surface area contributed by atoms with Crippen molar-refractivity contribution in [2.45, 2.75) is 39.0 Å². The molecule has 1 atom stereocenters. The van der Waals surface area contributed by atoms with Gasteiger partial charge in [-0.25, -0.2) is 0 Å². The van der Waals surface area contributed by atoms with Gasteiger partial charge < -0.3 is 4.74 Å². The summed E-state index contributed by atoms with van der Waals surface area (Å²) in [5.74, 6) is 0.902. The monoisotopic (exact) mass is 215 g/mol. The van der Waals surface area contributed by atoms with Crippen LogP contribution in [0.15, 0.2) is 12.1 Å². The van der Waals surface area contributed by atoms with Crippen LogP contribution in [0.3, 0.4) is 0 Å². The molecule has 0 amide bonds. The molecule has 0 spiro atoms. The summed E-state index contributed by atoms with van der Waals surface area (Å²) in [4.78, 5) is 0. The highest BCUT2D eigenvalue weighted by Crippen LogP contribution is 2.40. The molecule has 0 aromatic heterocycles. The SMILES string of the molecule is Cc1cc(C)c2c(c1)OCCCC2(C)C#N. The Bertz CT molecular complexity index is 459. The van der Waals surface area contributed by atoms with Crippen LogP contribution in [0.4, 0.5) is 0 Å². The lowest BCUT2D eigenvalue weighted by molar-refractivity contribution is 0.315. The molecule has 0 saturated heterocycles. The molecule has 0 fully saturated rings. The third kappa shape index (κ3) is 1.67. The molecule has 1 aromatic carbocycles. The number of hydrogen-bond donors (Lipinski definition) is 0. The number of nitriles is 1. The van der Waals surface area contributed by atoms with Gasteiger partial charge in [-0.05, 0) is 50.8 Å². The van der Waals surface area contributed by atoms with Crippen molar-refractivity contribution < 1.29 is 4.74 Å². The number of rotatable bonds is 0. The van der Waals surface area contributed by atoms with Crippen molar-refractivity contribution in [3.8, 4) is 11.8 Å². The van der Waals surface area contributed by atoms with Crippen molar-refractivity contribution in [2.75, 3.05) is 6.61 Å². The Morgan fingerprint density at radius 1 is 1.38 bits per heavy atom. The zero-order chi connectivity index (χ0) is 11.8. The van der Waals surface area contributed by atoms with Crippen LogP contribution in [0.25, 0.3) is 0 Å². The average Bonchev–Trinajstić information content (AvgIpc) is 2.38. The quantitative estimate of drug-likeness (QED) is 0.665. The second kappa shape index (κ2) is 3.83. The Kier molecular flexibility index (Phi) is 2.63. The first-order valence-corrected chi connectivity index (χ1v) is 5.72. The van der Waals surface area contributed by atoms with Gasteiger partial charge in [-0.1, -0.05) is 6.07 Å². The number of ether oxygens (including phenoxy) is 1. The standard InChI is InChI=1S/C14H17NO/c1-10-7-11(2)13-12(8-10)16-6-4-5-14(13,3)9-15/h7-8H,4-6H2,1-3H3. The molecule has 1 aliphatic rings. The maximum absolute atomic E-state index is 9.41. The first-order valence-electron chi connectivity index (χ1n) is 5.72. The third-order valence-electron chi connectivity index (χ3n) is 3.32. The fraction of sp³-hybridized carbons (Fsp3) is 0.500. The predicted octanol–water partition coefficient (Wildman–Crippen LogP) is 3.26. The number of hydrogen-bond acceptors (Lipinski definition) is 2. The molecule has 0 saturated carbocycles. The molecule has 16 heavy (non-hydrogen) atoms. The fourth-order valence-corrected chi connectivity index (χ4v) is 2.59. The maximum atomic E-state index is 9.41. The summed E-state index contributed by atoms with van der Waals surface area (Å²) in [5.41, 5.74) is 3.04. The van der Waals surface area contributed by atoms with Gasteiger partial charge in [0.25, 0.3) is 0 Å². The van der Waals surface area contributed by atoms with E-state index in [2.05, 4.69) is 26.0 Å². The lowest BCUT2D eigenvalue weighted by Gasteiger charge is -2.23. The van der Waals surface area contributed by atoms with Gasteiger partial charge in [-0.15, -0.1) is 0 Å². The van der Waals surface area contributed by atoms with Gasteiger partial charge >= 0.3 is 0 Å². The van der Waals surface area contributed by atoms with E-state index in [1.807, 2.05) is 13.0 Å². The van der Waals surface area contributed by atoms with Crippen molar-refractivity contribution in [3.05, 3.63) is 28.8 Å². The Morgan fingerprint density at radius 3 is 2.81 bits per heavy atom. The summed E-state index contributed by atoms with van der Waals surface area (Å²) in [7, 11) is 0. The average molecular weight is 215 g/mol. The molecule has 1 aromatic rings. The highest BCUT2D eigenvalue weighted by Gasteiger charge is 2.33. The van der Waals surface area contributed by atoms with E-state index in [1.165, 1.54) is 11.1 Å². The predicted molar refractivity (Wildman–Crippen MR) is 63.6 cm³/mol. The van der Waals surface area contributed by atoms with E-state index in [9.17, 15) is 5.26 Å². The largest absolute Gasteiger partial charge is 0.493 e. The number of fused-ring (bicyclic) bond motifs is 1. The van der Waals surface area contributed by atoms with Crippen LogP contribution in [0.5, 0.6) is 5.75 Å². The van der Waals surface area contributed by atoms with Gasteiger partial charge in [0.05, 0.1) is 18.1 Å². The van der Waals surface area contributed by atoms with Crippen LogP contribution in [0, 0.1) is 25.2 Å². The van der Waals surface area contributed by atoms with Crippen molar-refractivity contribution in [3.63, 3.8) is 0 Å². The smallest absolute Gasteiger partial charge is 0.124 e. The molecule has 0 aliphatic carbocycles. The molecule has 1 unspecified atom stereocenters. The number of aryl methyl sites for hydroxylation is 2. The van der Waals surface area contributed by atoms with Gasteiger partial charge in [0.2, 0.25) is 0 Å². The van der Waals surface area contributed by atoms with Crippen LogP contribution in [0.1, 0.15) is 36.5 Å². The molecule has 0 bridgehead atoms. The Morgan fingerprint density at radius 2 is 2.12 bits per heavy atom. The molecule has 0 radical (unpaired) electrons. The minimum Gasteiger partial charge on any atom is -0.493 e. The van der Waals surface area contributed by atoms with Crippen LogP contribution < -0.4 is 4.74 Å². The molecule has 0 N–H and O–H groups in total. The Hall–Kier alpha value is -1.49. The van der Waals surface area contributed by atoms with E-state index >= 15 is 0 Å². The van der Waals surface area contributed by atoms with Crippen molar-refractivity contribution in [2.24, 2.45) is 0 Å². The molecule has 2 heteroatoms. The fourth-order valence-electron chi connectivity index (χ4n) is 2.59. The second-order valence-electron chi connectivity index (χ2n) is 4.85. The Labute approximate surface area is 96.9 Å². The van der Waals surface area contributed by atoms with Gasteiger partial charge in [0.1, 0.15) is 5.75 Å². The summed E-state index contributed by atoms with van der Waals surface area (Å²) >= 11 is 0. The number of benzene rings is 1. The van der Waals surface area contributed by atoms with Crippen molar-refractivity contribution >= 4 is 0 Å². The Balaban J connectivity index is 2.67. The lowest BCUT2D eigenvalue weighted by Crippen LogP contribution is -2.20. The van der Waals surface area contributed by atoms with Crippen molar-refractivity contribution in [1.29, 1.82) is 5.26 Å². The molecule has 2 nitrogen and oxygen atoms in total. The first kappa shape index (κ1) is 11.0. The lowest BCUT2D eigenvalue weighted by atomic mass is 9.77. The highest BCUT2D eigenvalue weighted by atomic mass is 16.5. The zero-order valence-electron chi connectivity index (χ0n) is 10.1. The van der Waals surface area contributed by atoms with Gasteiger partial charge in [-0.2, -0.15) is 5.26 Å². The molecular formula is C14H17NO. The number of nitrogens with zero attached hydrogens (tertiary/aromatic N) is 1. The minimum absolute atomic E-state index is 0.399. The van der Waals surface area contributed by atoms with E-state index in [4.69, 9.17) is 4.74 Å². The summed E-state index contributed by atoms with van der Waals surface area (Å²) in [6.07, 6.45) is 1.82. The van der Waals surface area contributed by atoms with Crippen LogP contribution in [-0.4, -0.2) is 6.61 Å². The topological polar surface area (TPSA) is 33.0 Å². The minimum atomic E-state index is -0.399. The van der Waals surface area contributed by atoms with E-state index in [0.29, 0.717) is 6.61 Å². The molecule has 1 aliphatic heterocycles. The molecular weight excluding hydrogens is 198 g/mol. The molecule has 2 rings (SSSR count). The maximum Gasteiger partial charge on any atom is 0.124 e. The summed E-state index contributed by atoms with van der Waals surface area (Å²) in [6, 6.07) is 6.63. The first-order chi connectivity index (χ1) is 7.57. The molecule has 84 valence electrons. The summed E-state index contributed by atoms with van der Waals surface area (Å²) in [5, 5.41) is 9.41. The van der Waals surface area contributed by atoms with Gasteiger partial charge in [-0.3, -0.25) is 0 Å². The van der Waals surface area contributed by atoms with Crippen LogP contribution in [-0.2, 0) is 5.41 Å². The summed E-state index contributed by atoms with van der Waals surface area (Å²) < 4.78 is 5.76. The van der Waals surface area contributed by atoms with Crippen molar-refractivity contribution in [1.82, 2.24) is 0 Å². The third-order valence-corrected chi connectivity index (χ3v) is 3.32. The van der Waals surface area contributed by atoms with Gasteiger partial charge in [0.15, 0.2) is 0 Å². The van der Waals surface area contributed by atoms with Crippen LogP contribution >= 0.6 is 0 Å². The highest BCUT2D eigenvalue weighted by molar-refractivity contribution is 5.50. The van der Waals surface area contributed by atoms with E-state index in [-0.39, 0.29) is 0 Å². The van der Waals surface area contributed by atoms with Crippen LogP contribution in [0.2, 0.25) is 0 Å². The summed E-state index contributed by atoms with van der Waals surface area (Å²) in [6.45, 7) is 6.86. The molecule has 1 heterocycles. The van der Waals surface area contributed by atoms with Gasteiger partial charge in [0, 0.05) is 5.56 Å².